The van der Waals surface area contributed by atoms with Crippen LogP contribution in [0.25, 0.3) is 0 Å². The fourth-order valence-corrected chi connectivity index (χ4v) is 3.10. The van der Waals surface area contributed by atoms with Crippen LogP contribution in [0.15, 0.2) is 24.3 Å². The van der Waals surface area contributed by atoms with Crippen molar-refractivity contribution >= 4 is 17.8 Å². The van der Waals surface area contributed by atoms with Crippen molar-refractivity contribution in [1.29, 1.82) is 0 Å². The van der Waals surface area contributed by atoms with Crippen LogP contribution in [0.3, 0.4) is 0 Å². The molecule has 22 heavy (non-hydrogen) atoms. The summed E-state index contributed by atoms with van der Waals surface area (Å²) in [7, 11) is 0. The van der Waals surface area contributed by atoms with E-state index in [-0.39, 0.29) is 18.4 Å². The molecule has 1 aliphatic heterocycles. The number of nitrogens with zero attached hydrogens (tertiary/aromatic N) is 2. The van der Waals surface area contributed by atoms with Gasteiger partial charge in [-0.3, -0.25) is 19.4 Å². The van der Waals surface area contributed by atoms with Gasteiger partial charge in [0.05, 0.1) is 6.54 Å². The van der Waals surface area contributed by atoms with Gasteiger partial charge < -0.3 is 0 Å². The van der Waals surface area contributed by atoms with Crippen molar-refractivity contribution in [1.82, 2.24) is 9.80 Å². The first-order chi connectivity index (χ1) is 10.6. The van der Waals surface area contributed by atoms with E-state index in [4.69, 9.17) is 0 Å². The lowest BCUT2D eigenvalue weighted by Gasteiger charge is -2.28. The molecule has 2 aliphatic rings. The highest BCUT2D eigenvalue weighted by molar-refractivity contribution is 6.44. The van der Waals surface area contributed by atoms with E-state index in [1.165, 1.54) is 24.3 Å². The molecule has 1 aromatic rings. The normalized spacial score (nSPS) is 20.1. The Labute approximate surface area is 127 Å². The predicted octanol–water partition coefficient (Wildman–Crippen LogP) is 2.45. The first-order valence-corrected chi connectivity index (χ1v) is 7.51. The van der Waals surface area contributed by atoms with Gasteiger partial charge in [0, 0.05) is 6.04 Å². The first-order valence-electron chi connectivity index (χ1n) is 7.51. The molecule has 1 saturated carbocycles. The van der Waals surface area contributed by atoms with Crippen LogP contribution < -0.4 is 0 Å². The third-order valence-electron chi connectivity index (χ3n) is 4.28. The quantitative estimate of drug-likeness (QED) is 0.636. The maximum absolute atomic E-state index is 12.9. The van der Waals surface area contributed by atoms with Crippen LogP contribution >= 0.6 is 0 Å². The van der Waals surface area contributed by atoms with E-state index in [2.05, 4.69) is 0 Å². The summed E-state index contributed by atoms with van der Waals surface area (Å²) in [5, 5.41) is 0. The maximum Gasteiger partial charge on any atom is 0.334 e. The monoisotopic (exact) mass is 304 g/mol. The third-order valence-corrected chi connectivity index (χ3v) is 4.28. The molecular weight excluding hydrogens is 287 g/mol. The molecule has 5 nitrogen and oxygen atoms in total. The molecule has 1 heterocycles. The lowest BCUT2D eigenvalue weighted by atomic mass is 9.94. The minimum absolute atomic E-state index is 0.00704. The van der Waals surface area contributed by atoms with Crippen LogP contribution in [0.5, 0.6) is 0 Å². The molecule has 1 saturated heterocycles. The van der Waals surface area contributed by atoms with Gasteiger partial charge in [-0.2, -0.15) is 0 Å². The van der Waals surface area contributed by atoms with Gasteiger partial charge in [-0.05, 0) is 30.5 Å². The number of urea groups is 1. The molecule has 0 bridgehead atoms. The van der Waals surface area contributed by atoms with Gasteiger partial charge in [0.25, 0.3) is 0 Å². The molecule has 6 heteroatoms. The summed E-state index contributed by atoms with van der Waals surface area (Å²) in [5.41, 5.74) is 0.612. The summed E-state index contributed by atoms with van der Waals surface area (Å²) >= 11 is 0. The molecule has 4 amide bonds. The van der Waals surface area contributed by atoms with Crippen molar-refractivity contribution in [2.24, 2.45) is 0 Å². The average Bonchev–Trinajstić information content (AvgIpc) is 2.74. The number of rotatable bonds is 3. The molecule has 116 valence electrons. The van der Waals surface area contributed by atoms with Crippen LogP contribution in [-0.2, 0) is 16.1 Å². The Bertz CT molecular complexity index is 608. The number of imide groups is 2. The highest BCUT2D eigenvalue weighted by atomic mass is 19.1. The summed E-state index contributed by atoms with van der Waals surface area (Å²) in [4.78, 5) is 38.7. The summed E-state index contributed by atoms with van der Waals surface area (Å²) < 4.78 is 12.9. The number of carbonyl (C=O) groups is 3. The van der Waals surface area contributed by atoms with E-state index in [1.807, 2.05) is 0 Å². The van der Waals surface area contributed by atoms with Crippen molar-refractivity contribution < 1.29 is 18.8 Å². The van der Waals surface area contributed by atoms with Gasteiger partial charge in [0.2, 0.25) is 0 Å². The number of halogens is 1. The Hall–Kier alpha value is -2.24. The van der Waals surface area contributed by atoms with Gasteiger partial charge in [-0.15, -0.1) is 0 Å². The minimum Gasteiger partial charge on any atom is -0.263 e. The Kier molecular flexibility index (Phi) is 3.92. The summed E-state index contributed by atoms with van der Waals surface area (Å²) in [5.74, 6) is -1.92. The highest BCUT2D eigenvalue weighted by Crippen LogP contribution is 2.27. The molecule has 0 spiro atoms. The molecular formula is C16H17FN2O3. The van der Waals surface area contributed by atoms with Crippen molar-refractivity contribution in [2.45, 2.75) is 44.7 Å². The molecule has 0 aromatic heterocycles. The Morgan fingerprint density at radius 1 is 0.955 bits per heavy atom. The van der Waals surface area contributed by atoms with E-state index in [0.29, 0.717) is 5.56 Å². The molecule has 3 rings (SSSR count). The summed E-state index contributed by atoms with van der Waals surface area (Å²) in [6.07, 6.45) is 4.55. The molecule has 0 radical (unpaired) electrons. The second kappa shape index (κ2) is 5.87. The molecule has 0 N–H and O–H groups in total. The van der Waals surface area contributed by atoms with Crippen LogP contribution in [-0.4, -0.2) is 33.7 Å². The van der Waals surface area contributed by atoms with Crippen molar-refractivity contribution in [3.8, 4) is 0 Å². The number of benzene rings is 1. The van der Waals surface area contributed by atoms with Gasteiger partial charge >= 0.3 is 17.8 Å². The van der Waals surface area contributed by atoms with Gasteiger partial charge in [-0.1, -0.05) is 31.4 Å². The van der Waals surface area contributed by atoms with Crippen LogP contribution in [0.1, 0.15) is 37.7 Å². The molecule has 0 atom stereocenters. The third kappa shape index (κ3) is 2.61. The molecule has 1 aliphatic carbocycles. The SMILES string of the molecule is O=C1C(=O)N(C2CCCCC2)C(=O)N1Cc1ccc(F)cc1. The predicted molar refractivity (Wildman–Crippen MR) is 76.1 cm³/mol. The number of hydrogen-bond acceptors (Lipinski definition) is 3. The molecule has 0 unspecified atom stereocenters. The van der Waals surface area contributed by atoms with Crippen molar-refractivity contribution in [3.05, 3.63) is 35.6 Å². The second-order valence-electron chi connectivity index (χ2n) is 5.77. The fourth-order valence-electron chi connectivity index (χ4n) is 3.10. The number of hydrogen-bond donors (Lipinski definition) is 0. The Morgan fingerprint density at radius 3 is 2.23 bits per heavy atom. The average molecular weight is 304 g/mol. The lowest BCUT2D eigenvalue weighted by Crippen LogP contribution is -2.42. The standard InChI is InChI=1S/C16H17FN2O3/c17-12-8-6-11(7-9-12)10-18-14(20)15(21)19(16(18)22)13-4-2-1-3-5-13/h6-9,13H,1-5,10H2. The van der Waals surface area contributed by atoms with E-state index in [9.17, 15) is 18.8 Å². The van der Waals surface area contributed by atoms with Gasteiger partial charge in [0.15, 0.2) is 0 Å². The number of amides is 4. The molecule has 1 aromatic carbocycles. The molecule has 2 fully saturated rings. The van der Waals surface area contributed by atoms with Crippen molar-refractivity contribution in [3.63, 3.8) is 0 Å². The van der Waals surface area contributed by atoms with Crippen LogP contribution in [0, 0.1) is 5.82 Å². The summed E-state index contributed by atoms with van der Waals surface area (Å²) in [6, 6.07) is 4.82. The summed E-state index contributed by atoms with van der Waals surface area (Å²) in [6.45, 7) is -0.00704. The Balaban J connectivity index is 1.77. The van der Waals surface area contributed by atoms with Crippen molar-refractivity contribution in [2.75, 3.05) is 0 Å². The topological polar surface area (TPSA) is 57.7 Å². The zero-order valence-electron chi connectivity index (χ0n) is 12.1. The van der Waals surface area contributed by atoms with Crippen LogP contribution in [0.2, 0.25) is 0 Å². The smallest absolute Gasteiger partial charge is 0.263 e. The first kappa shape index (κ1) is 14.7. The minimum atomic E-state index is -0.792. The van der Waals surface area contributed by atoms with Crippen LogP contribution in [0.4, 0.5) is 9.18 Å². The largest absolute Gasteiger partial charge is 0.334 e. The van der Waals surface area contributed by atoms with Gasteiger partial charge in [-0.25, -0.2) is 9.18 Å². The fraction of sp³-hybridized carbons (Fsp3) is 0.438. The van der Waals surface area contributed by atoms with E-state index < -0.39 is 17.8 Å². The van der Waals surface area contributed by atoms with Gasteiger partial charge in [0.1, 0.15) is 5.82 Å². The Morgan fingerprint density at radius 2 is 1.59 bits per heavy atom. The zero-order valence-corrected chi connectivity index (χ0v) is 12.1. The van der Waals surface area contributed by atoms with E-state index in [1.54, 1.807) is 0 Å². The lowest BCUT2D eigenvalue weighted by molar-refractivity contribution is -0.144. The second-order valence-corrected chi connectivity index (χ2v) is 5.77. The maximum atomic E-state index is 12.9. The number of carbonyl (C=O) groups excluding carboxylic acids is 3. The zero-order chi connectivity index (χ0) is 15.7. The highest BCUT2D eigenvalue weighted by Gasteiger charge is 2.47. The van der Waals surface area contributed by atoms with E-state index >= 15 is 0 Å². The van der Waals surface area contributed by atoms with E-state index in [0.717, 1.165) is 41.9 Å².